The van der Waals surface area contributed by atoms with Crippen LogP contribution in [-0.2, 0) is 34.0 Å². The summed E-state index contributed by atoms with van der Waals surface area (Å²) in [5.41, 5.74) is 2.23. The monoisotopic (exact) mass is 611 g/mol. The van der Waals surface area contributed by atoms with Gasteiger partial charge in [-0.05, 0) is 72.4 Å². The fraction of sp³-hybridized carbons (Fsp3) is 0.258. The summed E-state index contributed by atoms with van der Waals surface area (Å²) in [7, 11) is -3.47. The molecule has 0 spiro atoms. The van der Waals surface area contributed by atoms with Gasteiger partial charge in [0.2, 0.25) is 0 Å². The molecule has 43 heavy (non-hydrogen) atoms. The lowest BCUT2D eigenvalue weighted by Crippen LogP contribution is -2.42. The van der Waals surface area contributed by atoms with Crippen molar-refractivity contribution < 1.29 is 36.6 Å². The molecule has 2 atom stereocenters. The van der Waals surface area contributed by atoms with Crippen LogP contribution in [-0.4, -0.2) is 53.0 Å². The summed E-state index contributed by atoms with van der Waals surface area (Å²) < 4.78 is 58.4. The largest absolute Gasteiger partial charge is 0.484 e. The fourth-order valence-electron chi connectivity index (χ4n) is 4.45. The lowest BCUT2D eigenvalue weighted by molar-refractivity contribution is -0.139. The van der Waals surface area contributed by atoms with Crippen molar-refractivity contribution in [3.05, 3.63) is 119 Å². The number of carbonyl (C=O) groups excluding carboxylic acids is 1. The molecule has 0 saturated heterocycles. The van der Waals surface area contributed by atoms with E-state index in [0.29, 0.717) is 36.3 Å². The van der Waals surface area contributed by atoms with E-state index in [1.54, 1.807) is 59.7 Å². The Kier molecular flexibility index (Phi) is 10.3. The number of carboxylic acids is 1. The molecule has 3 aromatic carbocycles. The van der Waals surface area contributed by atoms with E-state index in [-0.39, 0.29) is 17.8 Å². The second-order valence-corrected chi connectivity index (χ2v) is 12.4. The highest BCUT2D eigenvalue weighted by Crippen LogP contribution is 2.27. The second kappa shape index (κ2) is 14.1. The predicted molar refractivity (Wildman–Crippen MR) is 155 cm³/mol. The molecular weight excluding hydrogens is 580 g/mol. The van der Waals surface area contributed by atoms with Gasteiger partial charge in [-0.15, -0.1) is 0 Å². The van der Waals surface area contributed by atoms with Gasteiger partial charge in [0.25, 0.3) is 5.91 Å². The molecule has 1 aromatic heterocycles. The number of aliphatic carboxylic acids is 1. The number of imidazole rings is 1. The van der Waals surface area contributed by atoms with Gasteiger partial charge in [-0.2, -0.15) is 0 Å². The first-order chi connectivity index (χ1) is 20.5. The number of carbonyl (C=O) groups is 2. The van der Waals surface area contributed by atoms with Crippen molar-refractivity contribution in [2.24, 2.45) is 0 Å². The second-order valence-electron chi connectivity index (χ2n) is 10.1. The maximum absolute atomic E-state index is 13.6. The van der Waals surface area contributed by atoms with Crippen LogP contribution in [0.25, 0.3) is 0 Å². The topological polar surface area (TPSA) is 128 Å². The number of nitrogens with one attached hydrogen (secondary N) is 1. The van der Waals surface area contributed by atoms with Crippen molar-refractivity contribution in [3.8, 4) is 5.75 Å². The molecular formula is C31H31F2N3O6S. The number of carboxylic acid groups (broad SMARTS) is 1. The Hall–Kier alpha value is -4.58. The zero-order chi connectivity index (χ0) is 31.0. The van der Waals surface area contributed by atoms with Crippen LogP contribution in [0.3, 0.4) is 0 Å². The van der Waals surface area contributed by atoms with E-state index in [2.05, 4.69) is 10.3 Å². The third-order valence-corrected chi connectivity index (χ3v) is 7.74. The average Bonchev–Trinajstić information content (AvgIpc) is 3.48. The molecule has 0 aliphatic carbocycles. The number of aryl methyl sites for hydroxylation is 2. The van der Waals surface area contributed by atoms with Crippen molar-refractivity contribution in [2.45, 2.75) is 38.0 Å². The predicted octanol–water partition coefficient (Wildman–Crippen LogP) is 4.38. The van der Waals surface area contributed by atoms with Crippen LogP contribution in [0.15, 0.2) is 85.5 Å². The van der Waals surface area contributed by atoms with Gasteiger partial charge in [0, 0.05) is 24.2 Å². The van der Waals surface area contributed by atoms with Gasteiger partial charge in [-0.3, -0.25) is 4.79 Å². The van der Waals surface area contributed by atoms with Crippen LogP contribution in [0.2, 0.25) is 0 Å². The number of benzene rings is 3. The third-order valence-electron chi connectivity index (χ3n) is 6.76. The maximum atomic E-state index is 13.6. The smallest absolute Gasteiger partial charge is 0.326 e. The van der Waals surface area contributed by atoms with Crippen LogP contribution < -0.4 is 10.1 Å². The minimum atomic E-state index is -3.47. The molecule has 12 heteroatoms. The highest BCUT2D eigenvalue weighted by molar-refractivity contribution is 7.90. The lowest BCUT2D eigenvalue weighted by atomic mass is 9.98. The molecule has 0 fully saturated rings. The van der Waals surface area contributed by atoms with E-state index >= 15 is 0 Å². The van der Waals surface area contributed by atoms with Crippen LogP contribution in [0.5, 0.6) is 5.75 Å². The van der Waals surface area contributed by atoms with E-state index in [1.165, 1.54) is 30.3 Å². The van der Waals surface area contributed by atoms with Gasteiger partial charge in [0.1, 0.15) is 39.4 Å². The number of amides is 1. The number of hydrogen-bond acceptors (Lipinski definition) is 6. The first kappa shape index (κ1) is 31.4. The van der Waals surface area contributed by atoms with Gasteiger partial charge >= 0.3 is 5.97 Å². The van der Waals surface area contributed by atoms with Gasteiger partial charge in [0.15, 0.2) is 0 Å². The summed E-state index contributed by atoms with van der Waals surface area (Å²) in [4.78, 5) is 29.4. The van der Waals surface area contributed by atoms with Crippen molar-refractivity contribution in [2.75, 3.05) is 12.0 Å². The maximum Gasteiger partial charge on any atom is 0.326 e. The minimum absolute atomic E-state index is 0.144. The molecule has 226 valence electrons. The molecule has 0 radical (unpaired) electrons. The van der Waals surface area contributed by atoms with Crippen molar-refractivity contribution in [1.29, 1.82) is 0 Å². The quantitative estimate of drug-likeness (QED) is 0.217. The molecule has 2 unspecified atom stereocenters. The summed E-state index contributed by atoms with van der Waals surface area (Å²) in [6.45, 7) is 0.325. The third kappa shape index (κ3) is 9.47. The highest BCUT2D eigenvalue weighted by Gasteiger charge is 2.24. The number of aromatic nitrogens is 2. The number of rotatable bonds is 14. The molecule has 0 bridgehead atoms. The van der Waals surface area contributed by atoms with E-state index < -0.39 is 45.4 Å². The normalized spacial score (nSPS) is 12.8. The Morgan fingerprint density at radius 1 is 1.00 bits per heavy atom. The number of halogens is 2. The van der Waals surface area contributed by atoms with E-state index in [0.717, 1.165) is 11.8 Å². The number of sulfone groups is 1. The first-order valence-corrected chi connectivity index (χ1v) is 15.5. The van der Waals surface area contributed by atoms with Crippen LogP contribution >= 0.6 is 0 Å². The van der Waals surface area contributed by atoms with Crippen LogP contribution in [0.1, 0.15) is 39.6 Å². The van der Waals surface area contributed by atoms with Crippen LogP contribution in [0, 0.1) is 11.6 Å². The van der Waals surface area contributed by atoms with Crippen molar-refractivity contribution >= 4 is 21.7 Å². The molecule has 4 rings (SSSR count). The molecule has 1 heterocycles. The Bertz CT molecular complexity index is 1640. The SMILES string of the molecule is CS(=O)(=O)CCC(NC(=O)c1cc(OC(Cn2ccnc2)c2ccc(F)cc2)ccc1CCc1ccc(F)cc1)C(=O)O. The summed E-state index contributed by atoms with van der Waals surface area (Å²) in [5.74, 6) is -2.97. The molecule has 9 nitrogen and oxygen atoms in total. The average molecular weight is 612 g/mol. The zero-order valence-corrected chi connectivity index (χ0v) is 24.1. The molecule has 4 aromatic rings. The van der Waals surface area contributed by atoms with E-state index in [4.69, 9.17) is 4.74 Å². The summed E-state index contributed by atoms with van der Waals surface area (Å²) in [5, 5.41) is 12.1. The first-order valence-electron chi connectivity index (χ1n) is 13.4. The number of ether oxygens (including phenoxy) is 1. The molecule has 0 aliphatic rings. The van der Waals surface area contributed by atoms with Crippen molar-refractivity contribution in [1.82, 2.24) is 14.9 Å². The summed E-state index contributed by atoms with van der Waals surface area (Å²) >= 11 is 0. The van der Waals surface area contributed by atoms with Gasteiger partial charge in [-0.1, -0.05) is 30.3 Å². The zero-order valence-electron chi connectivity index (χ0n) is 23.3. The van der Waals surface area contributed by atoms with Gasteiger partial charge in [0.05, 0.1) is 18.6 Å². The fourth-order valence-corrected chi connectivity index (χ4v) is 5.12. The molecule has 0 saturated carbocycles. The Labute approximate surface area is 248 Å². The minimum Gasteiger partial charge on any atom is -0.484 e. The van der Waals surface area contributed by atoms with Crippen molar-refractivity contribution in [3.63, 3.8) is 0 Å². The number of nitrogens with zero attached hydrogens (tertiary/aromatic N) is 2. The molecule has 1 amide bonds. The summed E-state index contributed by atoms with van der Waals surface area (Å²) in [6.07, 6.45) is 5.89. The number of hydrogen-bond donors (Lipinski definition) is 2. The Balaban J connectivity index is 1.64. The molecule has 2 N–H and O–H groups in total. The van der Waals surface area contributed by atoms with Gasteiger partial charge < -0.3 is 19.7 Å². The van der Waals surface area contributed by atoms with E-state index in [9.17, 15) is 31.9 Å². The molecule has 0 aliphatic heterocycles. The Morgan fingerprint density at radius 2 is 1.67 bits per heavy atom. The summed E-state index contributed by atoms with van der Waals surface area (Å²) in [6, 6.07) is 15.2. The lowest BCUT2D eigenvalue weighted by Gasteiger charge is -2.22. The van der Waals surface area contributed by atoms with E-state index in [1.807, 2.05) is 0 Å². The van der Waals surface area contributed by atoms with Gasteiger partial charge in [-0.25, -0.2) is 27.0 Å². The van der Waals surface area contributed by atoms with Crippen LogP contribution in [0.4, 0.5) is 8.78 Å². The standard InChI is InChI=1S/C31H31F2N3O6S/c1-43(40,41)17-14-28(31(38)39)35-30(37)27-18-26(13-8-22(27)5-2-21-3-9-24(32)10-4-21)42-29(19-36-16-15-34-20-36)23-6-11-25(33)12-7-23/h3-4,6-13,15-16,18,20,28-29H,2,5,14,17,19H2,1H3,(H,35,37)(H,38,39). The Morgan fingerprint density at radius 3 is 2.28 bits per heavy atom. The highest BCUT2D eigenvalue weighted by atomic mass is 32.2.